The van der Waals surface area contributed by atoms with Crippen molar-refractivity contribution in [2.24, 2.45) is 0 Å². The number of aliphatic hydroxyl groups is 3. The Morgan fingerprint density at radius 1 is 1.16 bits per heavy atom. The molecule has 15 heteroatoms. The molecule has 0 unspecified atom stereocenters. The summed E-state index contributed by atoms with van der Waals surface area (Å²) < 4.78 is 42.3. The molecule has 1 aliphatic rings. The maximum Gasteiger partial charge on any atom is 0.471 e. The maximum atomic E-state index is 12.1. The van der Waals surface area contributed by atoms with Crippen LogP contribution in [0.15, 0.2) is 15.8 Å². The van der Waals surface area contributed by atoms with Crippen LogP contribution in [0.2, 0.25) is 0 Å². The summed E-state index contributed by atoms with van der Waals surface area (Å²) in [4.78, 5) is 48.4. The average Bonchev–Trinajstić information content (AvgIpc) is 2.98. The van der Waals surface area contributed by atoms with Gasteiger partial charge in [-0.3, -0.25) is 23.9 Å². The lowest BCUT2D eigenvalue weighted by molar-refractivity contribution is -0.173. The van der Waals surface area contributed by atoms with Crippen molar-refractivity contribution in [2.75, 3.05) is 19.7 Å². The lowest BCUT2D eigenvalue weighted by Crippen LogP contribution is -2.41. The van der Waals surface area contributed by atoms with E-state index in [1.54, 1.807) is 5.32 Å². The summed E-state index contributed by atoms with van der Waals surface area (Å²) in [5.41, 5.74) is -1.97. The number of nitrogens with one attached hydrogen (secondary N) is 3. The maximum absolute atomic E-state index is 12.1. The molecule has 2 heterocycles. The highest BCUT2D eigenvalue weighted by Gasteiger charge is 2.44. The van der Waals surface area contributed by atoms with Gasteiger partial charge in [-0.15, -0.1) is 0 Å². The van der Waals surface area contributed by atoms with Gasteiger partial charge < -0.3 is 30.7 Å². The first-order chi connectivity index (χ1) is 14.5. The van der Waals surface area contributed by atoms with Crippen molar-refractivity contribution in [3.63, 3.8) is 0 Å². The van der Waals surface area contributed by atoms with E-state index < -0.39 is 66.8 Å². The standard InChI is InChI=1S/C16H21F3N4O8/c17-16(18,19)14(29)21-3-2-20-9(25)1-4-23-5-7(13(28)22-15(23)30)12-11(27)10(26)8(6-24)31-12/h5,8,10-12,24,26-27H,1-4,6H2,(H,20,25)(H,21,29)(H,22,28,30)/t8-,10-,11-,12+/m1/s1. The van der Waals surface area contributed by atoms with E-state index in [9.17, 15) is 42.6 Å². The minimum atomic E-state index is -5.03. The highest BCUT2D eigenvalue weighted by molar-refractivity contribution is 5.81. The summed E-state index contributed by atoms with van der Waals surface area (Å²) in [6, 6.07) is 0. The van der Waals surface area contributed by atoms with Gasteiger partial charge in [-0.1, -0.05) is 0 Å². The average molecular weight is 454 g/mol. The molecule has 1 fully saturated rings. The predicted octanol–water partition coefficient (Wildman–Crippen LogP) is -3.12. The van der Waals surface area contributed by atoms with Crippen molar-refractivity contribution in [1.29, 1.82) is 0 Å². The fraction of sp³-hybridized carbons (Fsp3) is 0.625. The van der Waals surface area contributed by atoms with Gasteiger partial charge >= 0.3 is 17.8 Å². The summed E-state index contributed by atoms with van der Waals surface area (Å²) in [6.07, 6.45) is -9.75. The molecule has 1 saturated heterocycles. The molecule has 0 radical (unpaired) electrons. The van der Waals surface area contributed by atoms with E-state index in [2.05, 4.69) is 5.32 Å². The second kappa shape index (κ2) is 10.0. The number of carbonyl (C=O) groups is 2. The Morgan fingerprint density at radius 3 is 2.39 bits per heavy atom. The smallest absolute Gasteiger partial charge is 0.394 e. The number of aromatic nitrogens is 2. The number of aryl methyl sites for hydroxylation is 1. The SMILES string of the molecule is O=C(CCn1cc([C@@H]2O[C@H](CO)[C@@H](O)[C@H]2O)c(=O)[nH]c1=O)NCCNC(=O)C(F)(F)F. The monoisotopic (exact) mass is 454 g/mol. The molecular weight excluding hydrogens is 433 g/mol. The van der Waals surface area contributed by atoms with E-state index in [1.807, 2.05) is 4.98 Å². The number of halogens is 3. The molecular formula is C16H21F3N4O8. The van der Waals surface area contributed by atoms with E-state index in [0.29, 0.717) is 0 Å². The molecule has 2 amide bonds. The Bertz CT molecular complexity index is 915. The van der Waals surface area contributed by atoms with Crippen molar-refractivity contribution < 1.29 is 42.8 Å². The molecule has 4 atom stereocenters. The van der Waals surface area contributed by atoms with Gasteiger partial charge in [-0.25, -0.2) is 4.79 Å². The number of amides is 2. The summed E-state index contributed by atoms with van der Waals surface area (Å²) in [5, 5.41) is 32.8. The van der Waals surface area contributed by atoms with E-state index in [-0.39, 0.29) is 25.1 Å². The molecule has 12 nitrogen and oxygen atoms in total. The van der Waals surface area contributed by atoms with Crippen LogP contribution in [-0.2, 0) is 20.9 Å². The van der Waals surface area contributed by atoms with Gasteiger partial charge in [0.25, 0.3) is 5.56 Å². The molecule has 0 bridgehead atoms. The number of hydrogen-bond donors (Lipinski definition) is 6. The van der Waals surface area contributed by atoms with Gasteiger partial charge in [-0.05, 0) is 0 Å². The lowest BCUT2D eigenvalue weighted by Gasteiger charge is -2.15. The molecule has 1 aromatic heterocycles. The number of hydrogen-bond acceptors (Lipinski definition) is 8. The van der Waals surface area contributed by atoms with E-state index in [1.165, 1.54) is 0 Å². The zero-order valence-electron chi connectivity index (χ0n) is 15.9. The molecule has 0 spiro atoms. The first-order valence-electron chi connectivity index (χ1n) is 9.03. The Hall–Kier alpha value is -2.75. The molecule has 2 rings (SSSR count). The Kier molecular flexibility index (Phi) is 7.94. The van der Waals surface area contributed by atoms with Gasteiger partial charge in [0.1, 0.15) is 24.4 Å². The number of rotatable bonds is 8. The summed E-state index contributed by atoms with van der Waals surface area (Å²) in [5.74, 6) is -2.78. The summed E-state index contributed by atoms with van der Waals surface area (Å²) in [7, 11) is 0. The largest absolute Gasteiger partial charge is 0.471 e. The number of aliphatic hydroxyl groups excluding tert-OH is 3. The zero-order chi connectivity index (χ0) is 23.3. The number of nitrogens with zero attached hydrogens (tertiary/aromatic N) is 1. The number of ether oxygens (including phenoxy) is 1. The van der Waals surface area contributed by atoms with Crippen molar-refractivity contribution in [1.82, 2.24) is 20.2 Å². The zero-order valence-corrected chi connectivity index (χ0v) is 15.9. The molecule has 0 saturated carbocycles. The van der Waals surface area contributed by atoms with Gasteiger partial charge in [0.15, 0.2) is 0 Å². The van der Waals surface area contributed by atoms with Gasteiger partial charge in [0, 0.05) is 32.3 Å². The van der Waals surface area contributed by atoms with Crippen molar-refractivity contribution >= 4 is 11.8 Å². The normalized spacial score (nSPS) is 23.5. The van der Waals surface area contributed by atoms with E-state index in [4.69, 9.17) is 9.84 Å². The molecule has 6 N–H and O–H groups in total. The topological polar surface area (TPSA) is 183 Å². The number of carbonyl (C=O) groups excluding carboxylic acids is 2. The second-order valence-corrected chi connectivity index (χ2v) is 6.65. The van der Waals surface area contributed by atoms with Crippen LogP contribution in [0.3, 0.4) is 0 Å². The molecule has 174 valence electrons. The Morgan fingerprint density at radius 2 is 1.81 bits per heavy atom. The van der Waals surface area contributed by atoms with Gasteiger partial charge in [0.05, 0.1) is 12.2 Å². The predicted molar refractivity (Wildman–Crippen MR) is 94.7 cm³/mol. The molecule has 31 heavy (non-hydrogen) atoms. The minimum Gasteiger partial charge on any atom is -0.394 e. The van der Waals surface area contributed by atoms with Crippen LogP contribution in [0, 0.1) is 0 Å². The first kappa shape index (κ1) is 24.5. The van der Waals surface area contributed by atoms with Gasteiger partial charge in [0.2, 0.25) is 5.91 Å². The van der Waals surface area contributed by atoms with Crippen LogP contribution in [0.4, 0.5) is 13.2 Å². The van der Waals surface area contributed by atoms with Crippen molar-refractivity contribution in [3.05, 3.63) is 32.6 Å². The fourth-order valence-electron chi connectivity index (χ4n) is 2.84. The lowest BCUT2D eigenvalue weighted by atomic mass is 10.0. The Labute approximate surface area is 171 Å². The third-order valence-corrected chi connectivity index (χ3v) is 4.46. The third kappa shape index (κ3) is 6.13. The molecule has 1 aromatic rings. The van der Waals surface area contributed by atoms with Crippen molar-refractivity contribution in [2.45, 2.75) is 43.6 Å². The van der Waals surface area contributed by atoms with Crippen LogP contribution in [-0.4, -0.2) is 80.9 Å². The van der Waals surface area contributed by atoms with Crippen LogP contribution in [0.1, 0.15) is 18.1 Å². The molecule has 0 aliphatic carbocycles. The van der Waals surface area contributed by atoms with E-state index in [0.717, 1.165) is 10.8 Å². The summed E-state index contributed by atoms with van der Waals surface area (Å²) >= 11 is 0. The highest BCUT2D eigenvalue weighted by Crippen LogP contribution is 2.31. The van der Waals surface area contributed by atoms with Crippen LogP contribution < -0.4 is 21.9 Å². The van der Waals surface area contributed by atoms with Crippen LogP contribution >= 0.6 is 0 Å². The number of aromatic amines is 1. The third-order valence-electron chi connectivity index (χ3n) is 4.46. The van der Waals surface area contributed by atoms with Crippen LogP contribution in [0.5, 0.6) is 0 Å². The Balaban J connectivity index is 1.95. The van der Waals surface area contributed by atoms with Crippen LogP contribution in [0.25, 0.3) is 0 Å². The van der Waals surface area contributed by atoms with Crippen molar-refractivity contribution in [3.8, 4) is 0 Å². The van der Waals surface area contributed by atoms with Gasteiger partial charge in [-0.2, -0.15) is 13.2 Å². The number of H-pyrrole nitrogens is 1. The van der Waals surface area contributed by atoms with E-state index >= 15 is 0 Å². The number of alkyl halides is 3. The highest BCUT2D eigenvalue weighted by atomic mass is 19.4. The first-order valence-corrected chi connectivity index (χ1v) is 9.03. The minimum absolute atomic E-state index is 0.211. The quantitative estimate of drug-likeness (QED) is 0.223. The molecule has 1 aliphatic heterocycles. The summed E-state index contributed by atoms with van der Waals surface area (Å²) in [6.45, 7) is -1.60. The molecule has 0 aromatic carbocycles. The fourth-order valence-corrected chi connectivity index (χ4v) is 2.84. The second-order valence-electron chi connectivity index (χ2n) is 6.65.